The molecule has 0 bridgehead atoms. The van der Waals surface area contributed by atoms with E-state index < -0.39 is 33.3 Å². The first-order valence-electron chi connectivity index (χ1n) is 9.34. The molecule has 0 aliphatic heterocycles. The van der Waals surface area contributed by atoms with E-state index in [1.807, 2.05) is 0 Å². The Labute approximate surface area is 165 Å². The van der Waals surface area contributed by atoms with E-state index in [1.54, 1.807) is 0 Å². The van der Waals surface area contributed by atoms with E-state index >= 15 is 0 Å². The summed E-state index contributed by atoms with van der Waals surface area (Å²) in [4.78, 5) is 10.6. The molecule has 0 aromatic heterocycles. The summed E-state index contributed by atoms with van der Waals surface area (Å²) < 4.78 is 40.0. The molecule has 5 nitrogen and oxygen atoms in total. The van der Waals surface area contributed by atoms with Crippen LogP contribution in [0.5, 0.6) is 0 Å². The van der Waals surface area contributed by atoms with E-state index in [0.29, 0.717) is 30.7 Å². The maximum absolute atomic E-state index is 14.4. The number of carboxylic acid groups (broad SMARTS) is 1. The van der Waals surface area contributed by atoms with Crippen LogP contribution in [0.25, 0.3) is 0 Å². The van der Waals surface area contributed by atoms with Gasteiger partial charge >= 0.3 is 5.97 Å². The van der Waals surface area contributed by atoms with Crippen molar-refractivity contribution < 1.29 is 22.7 Å². The Balaban J connectivity index is 1.96. The Hall–Kier alpha value is -1.18. The van der Waals surface area contributed by atoms with Crippen LogP contribution in [0.3, 0.4) is 0 Å². The third-order valence-corrected chi connectivity index (χ3v) is 7.64. The van der Waals surface area contributed by atoms with Crippen molar-refractivity contribution in [1.82, 2.24) is 0 Å². The van der Waals surface area contributed by atoms with Crippen molar-refractivity contribution >= 4 is 27.4 Å². The minimum atomic E-state index is -3.76. The summed E-state index contributed by atoms with van der Waals surface area (Å²) in [6, 6.07) is 5.86. The lowest BCUT2D eigenvalue weighted by atomic mass is 9.89. The first kappa shape index (κ1) is 22.1. The van der Waals surface area contributed by atoms with Crippen LogP contribution < -0.4 is 5.73 Å². The van der Waals surface area contributed by atoms with Gasteiger partial charge in [0, 0.05) is 11.4 Å². The van der Waals surface area contributed by atoms with Gasteiger partial charge in [-0.1, -0.05) is 30.9 Å². The summed E-state index contributed by atoms with van der Waals surface area (Å²) in [6.45, 7) is 0. The lowest BCUT2D eigenvalue weighted by Crippen LogP contribution is -2.40. The number of aliphatic carboxylic acids is 1. The van der Waals surface area contributed by atoms with Gasteiger partial charge in [-0.05, 0) is 61.8 Å². The predicted octanol–water partition coefficient (Wildman–Crippen LogP) is 4.19. The summed E-state index contributed by atoms with van der Waals surface area (Å²) in [5.41, 5.74) is 6.11. The molecule has 0 amide bonds. The highest BCUT2D eigenvalue weighted by Crippen LogP contribution is 2.41. The number of nitrogens with two attached hydrogens (primary N) is 1. The van der Waals surface area contributed by atoms with Crippen molar-refractivity contribution in [3.63, 3.8) is 0 Å². The highest BCUT2D eigenvalue weighted by Gasteiger charge is 2.43. The first-order chi connectivity index (χ1) is 12.7. The first-order valence-corrected chi connectivity index (χ1v) is 11.3. The van der Waals surface area contributed by atoms with E-state index in [-0.39, 0.29) is 17.2 Å². The summed E-state index contributed by atoms with van der Waals surface area (Å²) in [6.07, 6.45) is 3.39. The summed E-state index contributed by atoms with van der Waals surface area (Å²) in [5.74, 6) is -1.60. The number of sulfone groups is 1. The van der Waals surface area contributed by atoms with Crippen molar-refractivity contribution in [1.29, 1.82) is 0 Å². The number of carbonyl (C=O) groups is 1. The van der Waals surface area contributed by atoms with Gasteiger partial charge in [-0.15, -0.1) is 0 Å². The zero-order valence-electron chi connectivity index (χ0n) is 15.2. The Morgan fingerprint density at radius 2 is 1.81 bits per heavy atom. The van der Waals surface area contributed by atoms with Crippen LogP contribution in [-0.2, 0) is 14.6 Å². The van der Waals surface area contributed by atoms with E-state index in [1.165, 1.54) is 24.3 Å². The second kappa shape index (κ2) is 9.85. The van der Waals surface area contributed by atoms with Gasteiger partial charge in [-0.25, -0.2) is 12.8 Å². The van der Waals surface area contributed by atoms with Gasteiger partial charge in [0.15, 0.2) is 9.84 Å². The Kier molecular flexibility index (Phi) is 8.06. The summed E-state index contributed by atoms with van der Waals surface area (Å²) >= 11 is 5.81. The number of halogens is 2. The van der Waals surface area contributed by atoms with Crippen LogP contribution >= 0.6 is 11.6 Å². The highest BCUT2D eigenvalue weighted by atomic mass is 35.5. The number of hydrogen-bond acceptors (Lipinski definition) is 4. The van der Waals surface area contributed by atoms with Crippen LogP contribution in [0.15, 0.2) is 29.2 Å². The minimum Gasteiger partial charge on any atom is -0.481 e. The number of benzene rings is 1. The van der Waals surface area contributed by atoms with Crippen molar-refractivity contribution in [3.8, 4) is 0 Å². The molecule has 1 unspecified atom stereocenters. The largest absolute Gasteiger partial charge is 0.481 e. The molecule has 27 heavy (non-hydrogen) atoms. The van der Waals surface area contributed by atoms with Gasteiger partial charge in [-0.3, -0.25) is 4.79 Å². The zero-order chi connectivity index (χ0) is 20.0. The van der Waals surface area contributed by atoms with Crippen molar-refractivity contribution in [3.05, 3.63) is 29.3 Å². The molecule has 152 valence electrons. The topological polar surface area (TPSA) is 97.5 Å². The lowest BCUT2D eigenvalue weighted by molar-refractivity contribution is -0.137. The number of hydrogen-bond donors (Lipinski definition) is 2. The molecular weight excluding hydrogens is 393 g/mol. The number of alkyl halides is 1. The second-order valence-corrected chi connectivity index (χ2v) is 9.77. The third kappa shape index (κ3) is 5.90. The molecule has 1 saturated carbocycles. The molecule has 2 rings (SSSR count). The number of rotatable bonds is 10. The second-order valence-electron chi connectivity index (χ2n) is 7.23. The zero-order valence-corrected chi connectivity index (χ0v) is 16.8. The molecule has 0 radical (unpaired) electrons. The molecule has 1 aromatic carbocycles. The standard InChI is InChI=1S/C19H27ClFNO4S/c20-13-7-9-14(10-8-13)27(25,26)19(22)16-11-12-17(21)15(16)5-3-1-2-4-6-18(23)24/h7-10,15-17,19H,1-6,11-12,22H2,(H,23,24)/t15-,16+,17-,19?/m1/s1. The summed E-state index contributed by atoms with van der Waals surface area (Å²) in [5, 5.41) is 7.93. The predicted molar refractivity (Wildman–Crippen MR) is 103 cm³/mol. The Morgan fingerprint density at radius 1 is 1.19 bits per heavy atom. The van der Waals surface area contributed by atoms with Crippen LogP contribution in [-0.4, -0.2) is 31.0 Å². The van der Waals surface area contributed by atoms with Gasteiger partial charge in [-0.2, -0.15) is 0 Å². The molecule has 0 heterocycles. The maximum Gasteiger partial charge on any atom is 0.303 e. The van der Waals surface area contributed by atoms with E-state index in [2.05, 4.69) is 0 Å². The molecule has 0 saturated heterocycles. The van der Waals surface area contributed by atoms with Crippen molar-refractivity contribution in [2.75, 3.05) is 0 Å². The molecule has 1 aromatic rings. The third-order valence-electron chi connectivity index (χ3n) is 5.39. The van der Waals surface area contributed by atoms with Gasteiger partial charge in [0.05, 0.1) is 4.90 Å². The fraction of sp³-hybridized carbons (Fsp3) is 0.632. The van der Waals surface area contributed by atoms with E-state index in [0.717, 1.165) is 19.3 Å². The maximum atomic E-state index is 14.4. The number of carboxylic acids is 1. The Bertz CT molecular complexity index is 726. The molecular formula is C19H27ClFNO4S. The number of unbranched alkanes of at least 4 members (excludes halogenated alkanes) is 3. The van der Waals surface area contributed by atoms with Crippen LogP contribution in [0.1, 0.15) is 51.4 Å². The van der Waals surface area contributed by atoms with E-state index in [4.69, 9.17) is 22.4 Å². The fourth-order valence-electron chi connectivity index (χ4n) is 3.87. The van der Waals surface area contributed by atoms with Gasteiger partial charge in [0.25, 0.3) is 0 Å². The van der Waals surface area contributed by atoms with Crippen molar-refractivity contribution in [2.24, 2.45) is 17.6 Å². The monoisotopic (exact) mass is 419 g/mol. The molecule has 3 N–H and O–H groups in total. The van der Waals surface area contributed by atoms with Crippen LogP contribution in [0.4, 0.5) is 4.39 Å². The fourth-order valence-corrected chi connectivity index (χ4v) is 5.63. The van der Waals surface area contributed by atoms with Gasteiger partial charge < -0.3 is 10.8 Å². The van der Waals surface area contributed by atoms with E-state index in [9.17, 15) is 17.6 Å². The quantitative estimate of drug-likeness (QED) is 0.554. The molecule has 1 aliphatic carbocycles. The smallest absolute Gasteiger partial charge is 0.303 e. The SMILES string of the molecule is NC([C@H]1CC[C@@H](F)[C@@H]1CCCCCCC(=O)O)S(=O)(=O)c1ccc(Cl)cc1. The highest BCUT2D eigenvalue weighted by molar-refractivity contribution is 7.92. The lowest BCUT2D eigenvalue weighted by Gasteiger charge is -2.26. The van der Waals surface area contributed by atoms with Gasteiger partial charge in [0.1, 0.15) is 11.5 Å². The van der Waals surface area contributed by atoms with Gasteiger partial charge in [0.2, 0.25) is 0 Å². The average Bonchev–Trinajstić information content (AvgIpc) is 2.98. The molecule has 8 heteroatoms. The minimum absolute atomic E-state index is 0.106. The normalized spacial score (nSPS) is 24.0. The molecule has 1 fully saturated rings. The molecule has 1 aliphatic rings. The summed E-state index contributed by atoms with van der Waals surface area (Å²) in [7, 11) is -3.76. The van der Waals surface area contributed by atoms with Crippen LogP contribution in [0, 0.1) is 11.8 Å². The van der Waals surface area contributed by atoms with Crippen molar-refractivity contribution in [2.45, 2.75) is 67.8 Å². The van der Waals surface area contributed by atoms with Crippen LogP contribution in [0.2, 0.25) is 5.02 Å². The molecule has 4 atom stereocenters. The Morgan fingerprint density at radius 3 is 2.44 bits per heavy atom. The average molecular weight is 420 g/mol. The molecule has 0 spiro atoms.